The van der Waals surface area contributed by atoms with Crippen LogP contribution < -0.4 is 9.47 Å². The second kappa shape index (κ2) is 5.91. The maximum absolute atomic E-state index is 9.20. The topological polar surface area (TPSA) is 51.6 Å². The number of nitrogens with zero attached hydrogens (tertiary/aromatic N) is 1. The molecular weight excluding hydrogens is 230 g/mol. The highest BCUT2D eigenvalue weighted by Crippen LogP contribution is 2.29. The van der Waals surface area contributed by atoms with E-state index < -0.39 is 0 Å². The molecule has 1 aromatic carbocycles. The molecule has 0 radical (unpaired) electrons. The van der Waals surface area contributed by atoms with E-state index in [1.54, 1.807) is 36.5 Å². The summed E-state index contributed by atoms with van der Waals surface area (Å²) in [6.45, 7) is 2.66. The van der Waals surface area contributed by atoms with Crippen molar-refractivity contribution in [2.45, 2.75) is 13.3 Å². The molecule has 0 amide bonds. The number of phenols is 1. The van der Waals surface area contributed by atoms with Crippen molar-refractivity contribution in [2.24, 2.45) is 0 Å². The molecule has 4 nitrogen and oxygen atoms in total. The summed E-state index contributed by atoms with van der Waals surface area (Å²) < 4.78 is 11.2. The average molecular weight is 245 g/mol. The Morgan fingerprint density at radius 3 is 2.67 bits per heavy atom. The normalized spacial score (nSPS) is 10.1. The molecule has 1 aromatic heterocycles. The van der Waals surface area contributed by atoms with Crippen LogP contribution in [0.2, 0.25) is 0 Å². The van der Waals surface area contributed by atoms with E-state index in [2.05, 4.69) is 4.98 Å². The van der Waals surface area contributed by atoms with E-state index in [-0.39, 0.29) is 5.75 Å². The number of pyridine rings is 1. The maximum atomic E-state index is 9.20. The summed E-state index contributed by atoms with van der Waals surface area (Å²) in [6, 6.07) is 10.1. The predicted molar refractivity (Wildman–Crippen MR) is 68.2 cm³/mol. The minimum absolute atomic E-state index is 0.200. The van der Waals surface area contributed by atoms with Crippen molar-refractivity contribution in [2.75, 3.05) is 6.61 Å². The van der Waals surface area contributed by atoms with Gasteiger partial charge in [-0.25, -0.2) is 4.98 Å². The third-order valence-corrected chi connectivity index (χ3v) is 2.25. The largest absolute Gasteiger partial charge is 0.508 e. The Hall–Kier alpha value is -2.23. The highest BCUT2D eigenvalue weighted by atomic mass is 16.5. The van der Waals surface area contributed by atoms with Crippen molar-refractivity contribution >= 4 is 0 Å². The fourth-order valence-electron chi connectivity index (χ4n) is 1.40. The first-order valence-electron chi connectivity index (χ1n) is 5.84. The molecule has 0 aliphatic rings. The summed E-state index contributed by atoms with van der Waals surface area (Å²) >= 11 is 0. The third kappa shape index (κ3) is 3.13. The highest BCUT2D eigenvalue weighted by molar-refractivity contribution is 5.38. The second-order valence-corrected chi connectivity index (χ2v) is 3.75. The van der Waals surface area contributed by atoms with E-state index in [9.17, 15) is 5.11 Å². The van der Waals surface area contributed by atoms with Crippen molar-refractivity contribution in [3.63, 3.8) is 0 Å². The van der Waals surface area contributed by atoms with Crippen LogP contribution in [0.15, 0.2) is 42.6 Å². The van der Waals surface area contributed by atoms with Gasteiger partial charge in [0.1, 0.15) is 11.5 Å². The van der Waals surface area contributed by atoms with Crippen LogP contribution in [0.3, 0.4) is 0 Å². The van der Waals surface area contributed by atoms with Crippen molar-refractivity contribution in [1.29, 1.82) is 0 Å². The van der Waals surface area contributed by atoms with Gasteiger partial charge in [0.2, 0.25) is 0 Å². The van der Waals surface area contributed by atoms with Gasteiger partial charge in [0.25, 0.3) is 5.88 Å². The highest BCUT2D eigenvalue weighted by Gasteiger charge is 2.06. The molecule has 94 valence electrons. The molecule has 2 rings (SSSR count). The Bertz CT molecular complexity index is 497. The van der Waals surface area contributed by atoms with Crippen LogP contribution in [0.25, 0.3) is 0 Å². The summed E-state index contributed by atoms with van der Waals surface area (Å²) in [6.07, 6.45) is 2.57. The van der Waals surface area contributed by atoms with Crippen molar-refractivity contribution in [3.05, 3.63) is 42.6 Å². The zero-order valence-electron chi connectivity index (χ0n) is 10.2. The Morgan fingerprint density at radius 1 is 1.17 bits per heavy atom. The summed E-state index contributed by atoms with van der Waals surface area (Å²) in [4.78, 5) is 4.14. The molecule has 0 saturated heterocycles. The van der Waals surface area contributed by atoms with Crippen LogP contribution in [0.4, 0.5) is 0 Å². The summed E-state index contributed by atoms with van der Waals surface area (Å²) in [5.41, 5.74) is 0. The lowest BCUT2D eigenvalue weighted by Crippen LogP contribution is -1.98. The Kier molecular flexibility index (Phi) is 4.02. The molecule has 2 aromatic rings. The molecule has 18 heavy (non-hydrogen) atoms. The van der Waals surface area contributed by atoms with E-state index in [1.165, 1.54) is 0 Å². The minimum atomic E-state index is 0.200. The van der Waals surface area contributed by atoms with Gasteiger partial charge in [-0.3, -0.25) is 0 Å². The molecule has 0 aliphatic carbocycles. The Balaban J connectivity index is 2.15. The van der Waals surface area contributed by atoms with E-state index in [0.29, 0.717) is 24.0 Å². The van der Waals surface area contributed by atoms with Gasteiger partial charge in [0, 0.05) is 6.20 Å². The van der Waals surface area contributed by atoms with Crippen LogP contribution in [0.1, 0.15) is 13.3 Å². The summed E-state index contributed by atoms with van der Waals surface area (Å²) in [5, 5.41) is 9.20. The Morgan fingerprint density at radius 2 is 1.94 bits per heavy atom. The van der Waals surface area contributed by atoms with Gasteiger partial charge in [-0.05, 0) is 42.8 Å². The lowest BCUT2D eigenvalue weighted by atomic mass is 10.3. The van der Waals surface area contributed by atoms with Gasteiger partial charge in [-0.2, -0.15) is 0 Å². The molecule has 0 bridgehead atoms. The molecule has 4 heteroatoms. The number of hydrogen-bond donors (Lipinski definition) is 1. The number of hydrogen-bond acceptors (Lipinski definition) is 4. The van der Waals surface area contributed by atoms with Crippen LogP contribution in [-0.4, -0.2) is 16.7 Å². The number of benzene rings is 1. The Labute approximate surface area is 106 Å². The molecule has 0 spiro atoms. The minimum Gasteiger partial charge on any atom is -0.508 e. The van der Waals surface area contributed by atoms with E-state index in [4.69, 9.17) is 9.47 Å². The first kappa shape index (κ1) is 12.2. The van der Waals surface area contributed by atoms with Crippen molar-refractivity contribution in [3.8, 4) is 23.1 Å². The van der Waals surface area contributed by atoms with Gasteiger partial charge in [-0.15, -0.1) is 0 Å². The fraction of sp³-hybridized carbons (Fsp3) is 0.214. The van der Waals surface area contributed by atoms with Gasteiger partial charge in [0.05, 0.1) is 6.61 Å². The lowest BCUT2D eigenvalue weighted by Gasteiger charge is -2.10. The number of aromatic nitrogens is 1. The van der Waals surface area contributed by atoms with Gasteiger partial charge >= 0.3 is 0 Å². The molecule has 0 aliphatic heterocycles. The lowest BCUT2D eigenvalue weighted by molar-refractivity contribution is 0.298. The molecule has 1 heterocycles. The molecular formula is C14H15NO3. The first-order chi connectivity index (χ1) is 8.79. The number of aromatic hydroxyl groups is 1. The SMILES string of the molecule is CCCOc1cccnc1Oc1ccc(O)cc1. The molecule has 0 saturated carbocycles. The monoisotopic (exact) mass is 245 g/mol. The number of rotatable bonds is 5. The summed E-state index contributed by atoms with van der Waals surface area (Å²) in [7, 11) is 0. The van der Waals surface area contributed by atoms with Crippen LogP contribution in [0, 0.1) is 0 Å². The summed E-state index contributed by atoms with van der Waals surface area (Å²) in [5.74, 6) is 1.85. The zero-order valence-corrected chi connectivity index (χ0v) is 10.2. The zero-order chi connectivity index (χ0) is 12.8. The number of phenolic OH excluding ortho intramolecular Hbond substituents is 1. The van der Waals surface area contributed by atoms with Crippen LogP contribution in [-0.2, 0) is 0 Å². The fourth-order valence-corrected chi connectivity index (χ4v) is 1.40. The molecule has 0 atom stereocenters. The predicted octanol–water partition coefficient (Wildman–Crippen LogP) is 3.37. The number of ether oxygens (including phenoxy) is 2. The molecule has 0 fully saturated rings. The van der Waals surface area contributed by atoms with Crippen molar-refractivity contribution < 1.29 is 14.6 Å². The third-order valence-electron chi connectivity index (χ3n) is 2.25. The quantitative estimate of drug-likeness (QED) is 0.877. The first-order valence-corrected chi connectivity index (χ1v) is 5.84. The van der Waals surface area contributed by atoms with Gasteiger partial charge in [0.15, 0.2) is 5.75 Å². The maximum Gasteiger partial charge on any atom is 0.262 e. The van der Waals surface area contributed by atoms with E-state index >= 15 is 0 Å². The second-order valence-electron chi connectivity index (χ2n) is 3.75. The molecule has 0 unspecified atom stereocenters. The van der Waals surface area contributed by atoms with Gasteiger partial charge < -0.3 is 14.6 Å². The molecule has 1 N–H and O–H groups in total. The average Bonchev–Trinajstić information content (AvgIpc) is 2.40. The van der Waals surface area contributed by atoms with E-state index in [0.717, 1.165) is 6.42 Å². The smallest absolute Gasteiger partial charge is 0.262 e. The van der Waals surface area contributed by atoms with Crippen LogP contribution >= 0.6 is 0 Å². The van der Waals surface area contributed by atoms with Gasteiger partial charge in [-0.1, -0.05) is 6.92 Å². The standard InChI is InChI=1S/C14H15NO3/c1-2-10-17-13-4-3-9-15-14(13)18-12-7-5-11(16)6-8-12/h3-9,16H,2,10H2,1H3. The van der Waals surface area contributed by atoms with Crippen LogP contribution in [0.5, 0.6) is 23.1 Å². The van der Waals surface area contributed by atoms with Crippen molar-refractivity contribution in [1.82, 2.24) is 4.98 Å². The van der Waals surface area contributed by atoms with E-state index in [1.807, 2.05) is 13.0 Å².